The van der Waals surface area contributed by atoms with Crippen LogP contribution in [0.3, 0.4) is 0 Å². The summed E-state index contributed by atoms with van der Waals surface area (Å²) in [6.07, 6.45) is 3.08. The average molecular weight is 384 g/mol. The lowest BCUT2D eigenvalue weighted by atomic mass is 9.98. The molecule has 1 aliphatic heterocycles. The van der Waals surface area contributed by atoms with E-state index in [1.165, 1.54) is 22.5 Å². The predicted octanol–water partition coefficient (Wildman–Crippen LogP) is 3.12. The van der Waals surface area contributed by atoms with Crippen LogP contribution < -0.4 is 10.1 Å². The second-order valence-electron chi connectivity index (χ2n) is 7.31. The maximum absolute atomic E-state index is 5.28. The number of likely N-dealkylation sites (tertiary alicyclic amines) is 1. The molecule has 0 saturated carbocycles. The Morgan fingerprint density at radius 3 is 2.61 bits per heavy atom. The van der Waals surface area contributed by atoms with Crippen molar-refractivity contribution in [3.05, 3.63) is 46.8 Å². The lowest BCUT2D eigenvalue weighted by molar-refractivity contribution is 0.414. The van der Waals surface area contributed by atoms with Crippen LogP contribution in [0.25, 0.3) is 0 Å². The third kappa shape index (κ3) is 4.16. The average Bonchev–Trinajstić information content (AvgIpc) is 3.33. The number of benzene rings is 1. The van der Waals surface area contributed by atoms with Crippen LogP contribution in [0.15, 0.2) is 29.3 Å². The van der Waals surface area contributed by atoms with Crippen LogP contribution in [0.1, 0.15) is 48.7 Å². The van der Waals surface area contributed by atoms with Gasteiger partial charge in [-0.1, -0.05) is 26.0 Å². The summed E-state index contributed by atoms with van der Waals surface area (Å²) < 4.78 is 7.30. The molecular formula is C22H33N5O. The Balaban J connectivity index is 1.65. The summed E-state index contributed by atoms with van der Waals surface area (Å²) in [6, 6.07) is 8.46. The fourth-order valence-electron chi connectivity index (χ4n) is 4.19. The second-order valence-corrected chi connectivity index (χ2v) is 7.31. The number of aromatic nitrogens is 2. The summed E-state index contributed by atoms with van der Waals surface area (Å²) in [6.45, 7) is 7.14. The van der Waals surface area contributed by atoms with Crippen LogP contribution in [-0.4, -0.2) is 47.9 Å². The molecular weight excluding hydrogens is 350 g/mol. The molecule has 0 aliphatic carbocycles. The first-order valence-electron chi connectivity index (χ1n) is 10.2. The van der Waals surface area contributed by atoms with Gasteiger partial charge >= 0.3 is 0 Å². The molecule has 0 amide bonds. The standard InChI is InChI=1S/C22H33N5O/c1-6-20-19(21(7-2)26(4)25-20)14-24-22(23-3)27-13-12-17(15-27)16-8-10-18(28-5)11-9-16/h8-11,17H,6-7,12-15H2,1-5H3,(H,23,24). The molecule has 0 radical (unpaired) electrons. The highest BCUT2D eigenvalue weighted by Gasteiger charge is 2.26. The van der Waals surface area contributed by atoms with Crippen molar-refractivity contribution < 1.29 is 4.74 Å². The number of rotatable bonds is 6. The van der Waals surface area contributed by atoms with Crippen molar-refractivity contribution in [2.45, 2.75) is 45.6 Å². The van der Waals surface area contributed by atoms with Crippen LogP contribution in [0.2, 0.25) is 0 Å². The first-order chi connectivity index (χ1) is 13.6. The molecule has 3 rings (SSSR count). The molecule has 0 spiro atoms. The van der Waals surface area contributed by atoms with Gasteiger partial charge in [0.25, 0.3) is 0 Å². The molecule has 1 fully saturated rings. The van der Waals surface area contributed by atoms with Gasteiger partial charge in [0.15, 0.2) is 5.96 Å². The molecule has 1 unspecified atom stereocenters. The number of nitrogens with zero attached hydrogens (tertiary/aromatic N) is 4. The summed E-state index contributed by atoms with van der Waals surface area (Å²) in [4.78, 5) is 6.91. The molecule has 1 saturated heterocycles. The maximum atomic E-state index is 5.28. The Bertz CT molecular complexity index is 809. The molecule has 0 bridgehead atoms. The van der Waals surface area contributed by atoms with Gasteiger partial charge in [-0.2, -0.15) is 5.10 Å². The first kappa shape index (κ1) is 20.2. The van der Waals surface area contributed by atoms with E-state index < -0.39 is 0 Å². The molecule has 6 heteroatoms. The predicted molar refractivity (Wildman–Crippen MR) is 114 cm³/mol. The summed E-state index contributed by atoms with van der Waals surface area (Å²) >= 11 is 0. The first-order valence-corrected chi connectivity index (χ1v) is 10.2. The monoisotopic (exact) mass is 383 g/mol. The van der Waals surface area contributed by atoms with Gasteiger partial charge in [-0.25, -0.2) is 0 Å². The maximum Gasteiger partial charge on any atom is 0.193 e. The summed E-state index contributed by atoms with van der Waals surface area (Å²) in [7, 11) is 5.61. The molecule has 28 heavy (non-hydrogen) atoms. The van der Waals surface area contributed by atoms with E-state index >= 15 is 0 Å². The minimum Gasteiger partial charge on any atom is -0.497 e. The van der Waals surface area contributed by atoms with E-state index in [-0.39, 0.29) is 0 Å². The van der Waals surface area contributed by atoms with Crippen molar-refractivity contribution >= 4 is 5.96 Å². The highest BCUT2D eigenvalue weighted by atomic mass is 16.5. The zero-order chi connectivity index (χ0) is 20.1. The summed E-state index contributed by atoms with van der Waals surface area (Å²) in [5.74, 6) is 2.41. The molecule has 1 aromatic carbocycles. The second kappa shape index (κ2) is 9.13. The van der Waals surface area contributed by atoms with Crippen LogP contribution in [-0.2, 0) is 26.4 Å². The van der Waals surface area contributed by atoms with E-state index in [1.54, 1.807) is 7.11 Å². The number of ether oxygens (including phenoxy) is 1. The minimum atomic E-state index is 0.528. The van der Waals surface area contributed by atoms with Crippen LogP contribution >= 0.6 is 0 Å². The van der Waals surface area contributed by atoms with Crippen molar-refractivity contribution in [1.29, 1.82) is 0 Å². The lowest BCUT2D eigenvalue weighted by Gasteiger charge is -2.22. The third-order valence-electron chi connectivity index (χ3n) is 5.74. The van der Waals surface area contributed by atoms with Crippen LogP contribution in [0.5, 0.6) is 5.75 Å². The number of aryl methyl sites for hydroxylation is 2. The number of methoxy groups -OCH3 is 1. The molecule has 6 nitrogen and oxygen atoms in total. The smallest absolute Gasteiger partial charge is 0.193 e. The minimum absolute atomic E-state index is 0.528. The molecule has 2 heterocycles. The van der Waals surface area contributed by atoms with E-state index in [0.717, 1.165) is 50.6 Å². The number of hydrogen-bond donors (Lipinski definition) is 1. The van der Waals surface area contributed by atoms with Gasteiger partial charge in [0.2, 0.25) is 0 Å². The van der Waals surface area contributed by atoms with Gasteiger partial charge < -0.3 is 15.0 Å². The van der Waals surface area contributed by atoms with E-state index in [9.17, 15) is 0 Å². The number of aliphatic imine (C=N–C) groups is 1. The van der Waals surface area contributed by atoms with Crippen LogP contribution in [0, 0.1) is 0 Å². The van der Waals surface area contributed by atoms with Gasteiger partial charge in [-0.05, 0) is 37.0 Å². The number of nitrogens with one attached hydrogen (secondary N) is 1. The van der Waals surface area contributed by atoms with Crippen molar-refractivity contribution in [2.75, 3.05) is 27.2 Å². The Kier molecular flexibility index (Phi) is 6.60. The molecule has 1 atom stereocenters. The van der Waals surface area contributed by atoms with Gasteiger partial charge in [-0.15, -0.1) is 0 Å². The quantitative estimate of drug-likeness (QED) is 0.615. The normalized spacial score (nSPS) is 17.2. The highest BCUT2D eigenvalue weighted by Crippen LogP contribution is 2.28. The van der Waals surface area contributed by atoms with E-state index in [0.29, 0.717) is 5.92 Å². The zero-order valence-electron chi connectivity index (χ0n) is 17.8. The van der Waals surface area contributed by atoms with E-state index in [2.05, 4.69) is 46.3 Å². The fourth-order valence-corrected chi connectivity index (χ4v) is 4.19. The van der Waals surface area contributed by atoms with Gasteiger partial charge in [0, 0.05) is 50.9 Å². The fraction of sp³-hybridized carbons (Fsp3) is 0.545. The molecule has 2 aromatic rings. The van der Waals surface area contributed by atoms with Crippen molar-refractivity contribution in [3.63, 3.8) is 0 Å². The Morgan fingerprint density at radius 2 is 2.00 bits per heavy atom. The topological polar surface area (TPSA) is 54.7 Å². The Hall–Kier alpha value is -2.50. The number of hydrogen-bond acceptors (Lipinski definition) is 3. The largest absolute Gasteiger partial charge is 0.497 e. The summed E-state index contributed by atoms with van der Waals surface area (Å²) in [5, 5.41) is 8.26. The van der Waals surface area contributed by atoms with Crippen molar-refractivity contribution in [1.82, 2.24) is 20.0 Å². The highest BCUT2D eigenvalue weighted by molar-refractivity contribution is 5.80. The van der Waals surface area contributed by atoms with Gasteiger partial charge in [-0.3, -0.25) is 9.67 Å². The molecule has 1 aliphatic rings. The van der Waals surface area contributed by atoms with Crippen LogP contribution in [0.4, 0.5) is 0 Å². The molecule has 1 aromatic heterocycles. The Labute approximate surface area is 168 Å². The lowest BCUT2D eigenvalue weighted by Crippen LogP contribution is -2.39. The SMILES string of the molecule is CCc1nn(C)c(CC)c1CNC(=NC)N1CCC(c2ccc(OC)cc2)C1. The van der Waals surface area contributed by atoms with Gasteiger partial charge in [0.05, 0.1) is 12.8 Å². The molecule has 152 valence electrons. The summed E-state index contributed by atoms with van der Waals surface area (Å²) in [5.41, 5.74) is 5.17. The Morgan fingerprint density at radius 1 is 1.25 bits per heavy atom. The van der Waals surface area contributed by atoms with Crippen molar-refractivity contribution in [3.8, 4) is 5.75 Å². The zero-order valence-corrected chi connectivity index (χ0v) is 17.8. The van der Waals surface area contributed by atoms with Crippen molar-refractivity contribution in [2.24, 2.45) is 12.0 Å². The van der Waals surface area contributed by atoms with E-state index in [4.69, 9.17) is 4.74 Å². The number of guanidine groups is 1. The third-order valence-corrected chi connectivity index (χ3v) is 5.74. The van der Waals surface area contributed by atoms with E-state index in [1.807, 2.05) is 30.9 Å². The molecule has 1 N–H and O–H groups in total. The van der Waals surface area contributed by atoms with Gasteiger partial charge in [0.1, 0.15) is 5.75 Å².